The number of hydrogen-bond donors (Lipinski definition) is 0. The van der Waals surface area contributed by atoms with Gasteiger partial charge in [0.1, 0.15) is 12.2 Å². The molecular formula is C18H23F9O5. The van der Waals surface area contributed by atoms with Crippen LogP contribution < -0.4 is 0 Å². The number of hydrogen-bond acceptors (Lipinski definition) is 5. The lowest BCUT2D eigenvalue weighted by atomic mass is 9.90. The minimum atomic E-state index is -5.50. The predicted molar refractivity (Wildman–Crippen MR) is 93.3 cm³/mol. The molecule has 0 spiro atoms. The highest BCUT2D eigenvalue weighted by atomic mass is 19.4. The molecule has 0 unspecified atom stereocenters. The van der Waals surface area contributed by atoms with Crippen molar-refractivity contribution in [2.24, 2.45) is 5.41 Å². The molecule has 188 valence electrons. The molecule has 0 radical (unpaired) electrons. The average molecular weight is 490 g/mol. The van der Waals surface area contributed by atoms with E-state index in [9.17, 15) is 49.1 Å². The second-order valence-corrected chi connectivity index (χ2v) is 6.41. The fraction of sp³-hybridized carbons (Fsp3) is 0.667. The molecule has 32 heavy (non-hydrogen) atoms. The Hall–Kier alpha value is -2.25. The van der Waals surface area contributed by atoms with Crippen LogP contribution in [-0.2, 0) is 23.8 Å². The van der Waals surface area contributed by atoms with Crippen LogP contribution in [0.15, 0.2) is 24.3 Å². The van der Waals surface area contributed by atoms with Gasteiger partial charge in [-0.25, -0.2) is 9.59 Å². The van der Waals surface area contributed by atoms with E-state index in [0.717, 1.165) is 0 Å². The maximum absolute atomic E-state index is 12.4. The van der Waals surface area contributed by atoms with E-state index < -0.39 is 61.3 Å². The van der Waals surface area contributed by atoms with Gasteiger partial charge in [0.2, 0.25) is 0 Å². The first-order valence-corrected chi connectivity index (χ1v) is 8.69. The van der Waals surface area contributed by atoms with Crippen LogP contribution in [0, 0.1) is 5.41 Å². The topological polar surface area (TPSA) is 61.8 Å². The lowest BCUT2D eigenvalue weighted by Gasteiger charge is -2.33. The minimum Gasteiger partial charge on any atom is -0.462 e. The van der Waals surface area contributed by atoms with Gasteiger partial charge in [0, 0.05) is 5.57 Å². The zero-order chi connectivity index (χ0) is 26.0. The predicted octanol–water partition coefficient (Wildman–Crippen LogP) is 5.31. The van der Waals surface area contributed by atoms with Crippen molar-refractivity contribution in [2.45, 2.75) is 45.7 Å². The van der Waals surface area contributed by atoms with Crippen molar-refractivity contribution in [1.82, 2.24) is 0 Å². The van der Waals surface area contributed by atoms with Crippen LogP contribution >= 0.6 is 0 Å². The molecule has 0 N–H and O–H groups in total. The molecule has 14 heteroatoms. The lowest BCUT2D eigenvalue weighted by molar-refractivity contribution is -0.345. The number of carbonyl (C=O) groups is 2. The third-order valence-corrected chi connectivity index (χ3v) is 3.48. The molecule has 0 rings (SSSR count). The van der Waals surface area contributed by atoms with Crippen molar-refractivity contribution in [3.8, 4) is 0 Å². The maximum Gasteiger partial charge on any atom is 0.422 e. The monoisotopic (exact) mass is 490 g/mol. The highest BCUT2D eigenvalue weighted by Gasteiger charge is 2.67. The van der Waals surface area contributed by atoms with E-state index >= 15 is 0 Å². The molecular weight excluding hydrogens is 467 g/mol. The SMILES string of the molecule is C=C(C(=O)OCCC)C(F)(F)F.C=C(C)C(=O)OCCOCC(C)(C(F)(F)F)C(F)(F)F. The van der Waals surface area contributed by atoms with Crippen LogP contribution in [0.3, 0.4) is 0 Å². The van der Waals surface area contributed by atoms with Gasteiger partial charge in [-0.3, -0.25) is 0 Å². The van der Waals surface area contributed by atoms with Crippen LogP contribution in [0.5, 0.6) is 0 Å². The van der Waals surface area contributed by atoms with Crippen LogP contribution in [-0.4, -0.2) is 56.9 Å². The number of halogens is 9. The fourth-order valence-corrected chi connectivity index (χ4v) is 1.31. The summed E-state index contributed by atoms with van der Waals surface area (Å²) < 4.78 is 123. The van der Waals surface area contributed by atoms with Gasteiger partial charge in [-0.1, -0.05) is 20.1 Å². The normalized spacial score (nSPS) is 12.4. The molecule has 0 heterocycles. The van der Waals surface area contributed by atoms with Gasteiger partial charge in [-0.2, -0.15) is 39.5 Å². The molecule has 0 saturated carbocycles. The Morgan fingerprint density at radius 2 is 1.22 bits per heavy atom. The number of alkyl halides is 9. The molecule has 0 aromatic carbocycles. The Morgan fingerprint density at radius 3 is 1.56 bits per heavy atom. The fourth-order valence-electron chi connectivity index (χ4n) is 1.31. The Kier molecular flexibility index (Phi) is 12.7. The van der Waals surface area contributed by atoms with Crippen LogP contribution in [0.1, 0.15) is 27.2 Å². The highest BCUT2D eigenvalue weighted by molar-refractivity contribution is 5.89. The van der Waals surface area contributed by atoms with Crippen molar-refractivity contribution in [3.63, 3.8) is 0 Å². The maximum atomic E-state index is 12.4. The molecule has 0 fully saturated rings. The van der Waals surface area contributed by atoms with Crippen molar-refractivity contribution in [2.75, 3.05) is 26.4 Å². The Bertz CT molecular complexity index is 635. The largest absolute Gasteiger partial charge is 0.462 e. The molecule has 0 aliphatic rings. The van der Waals surface area contributed by atoms with Gasteiger partial charge >= 0.3 is 30.5 Å². The van der Waals surface area contributed by atoms with E-state index in [0.29, 0.717) is 6.42 Å². The molecule has 5 nitrogen and oxygen atoms in total. The number of rotatable bonds is 9. The Morgan fingerprint density at radius 1 is 0.781 bits per heavy atom. The van der Waals surface area contributed by atoms with Gasteiger partial charge in [0.05, 0.1) is 19.8 Å². The minimum absolute atomic E-state index is 0.00684. The first-order chi connectivity index (χ1) is 14.2. The van der Waals surface area contributed by atoms with Gasteiger partial charge < -0.3 is 14.2 Å². The van der Waals surface area contributed by atoms with Gasteiger partial charge in [-0.05, 0) is 20.3 Å². The Balaban J connectivity index is 0. The van der Waals surface area contributed by atoms with E-state index in [-0.39, 0.29) is 19.1 Å². The molecule has 0 bridgehead atoms. The van der Waals surface area contributed by atoms with Crippen molar-refractivity contribution < 1.29 is 63.3 Å². The summed E-state index contributed by atoms with van der Waals surface area (Å²) in [6.07, 6.45) is -15.2. The van der Waals surface area contributed by atoms with Crippen LogP contribution in [0.25, 0.3) is 0 Å². The summed E-state index contributed by atoms with van der Waals surface area (Å²) in [5, 5.41) is 0. The van der Waals surface area contributed by atoms with Crippen LogP contribution in [0.4, 0.5) is 39.5 Å². The number of ether oxygens (including phenoxy) is 3. The Labute approximate surface area is 178 Å². The standard InChI is InChI=1S/C11H14F6O3.C7H9F3O2/c1-7(2)8(18)20-5-4-19-6-9(3,10(12,13)14)11(15,16)17;1-3-4-12-6(11)5(2)7(8,9)10/h1,4-6H2,2-3H3;2-4H2,1H3. The smallest absolute Gasteiger partial charge is 0.422 e. The molecule has 0 aromatic heterocycles. The highest BCUT2D eigenvalue weighted by Crippen LogP contribution is 2.50. The lowest BCUT2D eigenvalue weighted by Crippen LogP contribution is -2.51. The van der Waals surface area contributed by atoms with Crippen molar-refractivity contribution >= 4 is 11.9 Å². The average Bonchev–Trinajstić information content (AvgIpc) is 2.62. The molecule has 0 aliphatic carbocycles. The second kappa shape index (κ2) is 12.7. The zero-order valence-electron chi connectivity index (χ0n) is 17.4. The van der Waals surface area contributed by atoms with Gasteiger partial charge in [0.15, 0.2) is 5.41 Å². The van der Waals surface area contributed by atoms with Crippen molar-refractivity contribution in [3.05, 3.63) is 24.3 Å². The molecule has 0 aromatic rings. The summed E-state index contributed by atoms with van der Waals surface area (Å²) in [7, 11) is 0. The summed E-state index contributed by atoms with van der Waals surface area (Å²) >= 11 is 0. The van der Waals surface area contributed by atoms with E-state index in [1.165, 1.54) is 6.92 Å². The van der Waals surface area contributed by atoms with E-state index in [1.54, 1.807) is 6.92 Å². The van der Waals surface area contributed by atoms with E-state index in [4.69, 9.17) is 0 Å². The van der Waals surface area contributed by atoms with Crippen molar-refractivity contribution in [1.29, 1.82) is 0 Å². The third kappa shape index (κ3) is 10.9. The summed E-state index contributed by atoms with van der Waals surface area (Å²) in [6, 6.07) is 0. The van der Waals surface area contributed by atoms with E-state index in [1.807, 2.05) is 0 Å². The molecule has 0 amide bonds. The first-order valence-electron chi connectivity index (χ1n) is 8.69. The number of esters is 2. The molecule has 0 atom stereocenters. The van der Waals surface area contributed by atoms with E-state index in [2.05, 4.69) is 27.4 Å². The third-order valence-electron chi connectivity index (χ3n) is 3.48. The first kappa shape index (κ1) is 31.9. The van der Waals surface area contributed by atoms with Gasteiger partial charge in [-0.15, -0.1) is 0 Å². The summed E-state index contributed by atoms with van der Waals surface area (Å²) in [6.45, 7) is 6.19. The molecule has 0 saturated heterocycles. The quantitative estimate of drug-likeness (QED) is 0.190. The van der Waals surface area contributed by atoms with Crippen LogP contribution in [0.2, 0.25) is 0 Å². The summed E-state index contributed by atoms with van der Waals surface area (Å²) in [5.41, 5.74) is -5.38. The number of carbonyl (C=O) groups excluding carboxylic acids is 2. The summed E-state index contributed by atoms with van der Waals surface area (Å²) in [5.74, 6) is -2.20. The second-order valence-electron chi connectivity index (χ2n) is 6.41. The molecule has 0 aliphatic heterocycles. The zero-order valence-corrected chi connectivity index (χ0v) is 17.4. The van der Waals surface area contributed by atoms with Gasteiger partial charge in [0.25, 0.3) is 0 Å². The summed E-state index contributed by atoms with van der Waals surface area (Å²) in [4.78, 5) is 21.4.